The maximum absolute atomic E-state index is 12.8. The Kier molecular flexibility index (Phi) is 7.15. The highest BCUT2D eigenvalue weighted by atomic mass is 32.2. The van der Waals surface area contributed by atoms with E-state index in [1.165, 1.54) is 17.5 Å². The van der Waals surface area contributed by atoms with Crippen molar-refractivity contribution in [3.8, 4) is 5.75 Å². The van der Waals surface area contributed by atoms with E-state index in [4.69, 9.17) is 18.6 Å². The van der Waals surface area contributed by atoms with Gasteiger partial charge in [0, 0.05) is 34.8 Å². The van der Waals surface area contributed by atoms with Crippen LogP contribution in [-0.4, -0.2) is 64.6 Å². The Labute approximate surface area is 216 Å². The molecule has 1 fully saturated rings. The van der Waals surface area contributed by atoms with Crippen LogP contribution in [0.1, 0.15) is 4.88 Å². The average Bonchev–Trinajstić information content (AvgIpc) is 3.52. The summed E-state index contributed by atoms with van der Waals surface area (Å²) >= 11 is 1.01. The molecule has 1 amide bonds. The first-order valence-electron chi connectivity index (χ1n) is 11.5. The largest absolute Gasteiger partial charge is 0.495 e. The number of furan rings is 1. The van der Waals surface area contributed by atoms with Gasteiger partial charge in [-0.25, -0.2) is 8.42 Å². The maximum atomic E-state index is 12.8. The highest BCUT2D eigenvalue weighted by Crippen LogP contribution is 2.36. The van der Waals surface area contributed by atoms with E-state index >= 15 is 0 Å². The van der Waals surface area contributed by atoms with E-state index in [0.29, 0.717) is 53.8 Å². The molecule has 10 nitrogen and oxygen atoms in total. The Balaban J connectivity index is 1.19. The predicted octanol–water partition coefficient (Wildman–Crippen LogP) is 3.40. The standard InChI is InChI=1S/C25H24N2O8S2/c1-32-22-13-18-17-4-2-3-5-20(17)35-21(18)14-19(22)26-23(28)15-34-24(29)12-16-6-7-25(36-16)37(30,31)27-8-10-33-11-9-27/h2-7,13-14H,8-12,15H2,1H3,(H,26,28). The molecule has 194 valence electrons. The van der Waals surface area contributed by atoms with Gasteiger partial charge in [-0.15, -0.1) is 11.3 Å². The van der Waals surface area contributed by atoms with Crippen molar-refractivity contribution < 1.29 is 36.6 Å². The van der Waals surface area contributed by atoms with E-state index in [1.807, 2.05) is 24.3 Å². The third kappa shape index (κ3) is 5.32. The molecule has 1 aliphatic rings. The number of amides is 1. The van der Waals surface area contributed by atoms with Crippen LogP contribution in [0.3, 0.4) is 0 Å². The van der Waals surface area contributed by atoms with E-state index in [1.54, 1.807) is 18.2 Å². The van der Waals surface area contributed by atoms with Crippen molar-refractivity contribution in [2.75, 3.05) is 45.3 Å². The van der Waals surface area contributed by atoms with Crippen molar-refractivity contribution >= 4 is 60.9 Å². The van der Waals surface area contributed by atoms with Crippen LogP contribution in [0.25, 0.3) is 21.9 Å². The maximum Gasteiger partial charge on any atom is 0.311 e. The number of anilines is 1. The van der Waals surface area contributed by atoms with Gasteiger partial charge in [0.1, 0.15) is 21.1 Å². The number of nitrogens with one attached hydrogen (secondary N) is 1. The SMILES string of the molecule is COc1cc2c(cc1NC(=O)COC(=O)Cc1ccc(S(=O)(=O)N3CCOCC3)s1)oc1ccccc12. The van der Waals surface area contributed by atoms with E-state index in [-0.39, 0.29) is 10.6 Å². The molecule has 2 aromatic carbocycles. The summed E-state index contributed by atoms with van der Waals surface area (Å²) in [5.74, 6) is -0.762. The molecule has 0 aliphatic carbocycles. The summed E-state index contributed by atoms with van der Waals surface area (Å²) in [4.78, 5) is 25.3. The monoisotopic (exact) mass is 544 g/mol. The molecule has 37 heavy (non-hydrogen) atoms. The summed E-state index contributed by atoms with van der Waals surface area (Å²) in [7, 11) is -2.14. The second-order valence-electron chi connectivity index (χ2n) is 8.27. The number of morpholine rings is 1. The van der Waals surface area contributed by atoms with E-state index in [2.05, 4.69) is 5.32 Å². The number of methoxy groups -OCH3 is 1. The molecule has 12 heteroatoms. The third-order valence-electron chi connectivity index (χ3n) is 5.86. The van der Waals surface area contributed by atoms with Gasteiger partial charge < -0.3 is 23.9 Å². The fourth-order valence-corrected chi connectivity index (χ4v) is 6.95. The van der Waals surface area contributed by atoms with Gasteiger partial charge in [0.25, 0.3) is 15.9 Å². The Hall–Kier alpha value is -3.45. The van der Waals surface area contributed by atoms with Crippen LogP contribution in [0, 0.1) is 0 Å². The fraction of sp³-hybridized carbons (Fsp3) is 0.280. The van der Waals surface area contributed by atoms with E-state index in [0.717, 1.165) is 22.1 Å². The lowest BCUT2D eigenvalue weighted by molar-refractivity contribution is -0.146. The first kappa shape index (κ1) is 25.2. The number of carbonyl (C=O) groups excluding carboxylic acids is 2. The minimum atomic E-state index is -3.63. The van der Waals surface area contributed by atoms with Crippen LogP contribution >= 0.6 is 11.3 Å². The van der Waals surface area contributed by atoms with Gasteiger partial charge in [-0.1, -0.05) is 18.2 Å². The van der Waals surface area contributed by atoms with Crippen LogP contribution in [0.4, 0.5) is 5.69 Å². The molecule has 0 atom stereocenters. The number of rotatable bonds is 8. The summed E-state index contributed by atoms with van der Waals surface area (Å²) < 4.78 is 48.6. The summed E-state index contributed by atoms with van der Waals surface area (Å²) in [5, 5.41) is 4.46. The number of carbonyl (C=O) groups is 2. The Bertz CT molecular complexity index is 1570. The van der Waals surface area contributed by atoms with Gasteiger partial charge in [-0.3, -0.25) is 9.59 Å². The fourth-order valence-electron chi connectivity index (χ4n) is 4.05. The molecule has 0 unspecified atom stereocenters. The number of ether oxygens (including phenoxy) is 3. The van der Waals surface area contributed by atoms with Gasteiger partial charge in [-0.05, 0) is 24.3 Å². The first-order chi connectivity index (χ1) is 17.8. The molecular formula is C25H24N2O8S2. The third-order valence-corrected chi connectivity index (χ3v) is 9.31. The number of thiophene rings is 1. The van der Waals surface area contributed by atoms with Crippen LogP contribution in [-0.2, 0) is 35.5 Å². The van der Waals surface area contributed by atoms with Gasteiger partial charge in [-0.2, -0.15) is 4.31 Å². The van der Waals surface area contributed by atoms with Gasteiger partial charge in [0.2, 0.25) is 0 Å². The van der Waals surface area contributed by atoms with Gasteiger partial charge in [0.15, 0.2) is 6.61 Å². The zero-order valence-electron chi connectivity index (χ0n) is 19.9. The van der Waals surface area contributed by atoms with Crippen LogP contribution < -0.4 is 10.1 Å². The molecule has 5 rings (SSSR count). The Morgan fingerprint density at radius 2 is 1.84 bits per heavy atom. The number of esters is 1. The van der Waals surface area contributed by atoms with Crippen molar-refractivity contribution in [1.29, 1.82) is 0 Å². The molecule has 0 spiro atoms. The molecule has 0 saturated carbocycles. The Morgan fingerprint density at radius 3 is 2.62 bits per heavy atom. The number of sulfonamides is 1. The minimum absolute atomic E-state index is 0.148. The van der Waals surface area contributed by atoms with Crippen molar-refractivity contribution in [2.45, 2.75) is 10.6 Å². The van der Waals surface area contributed by atoms with E-state index < -0.39 is 28.5 Å². The first-order valence-corrected chi connectivity index (χ1v) is 13.7. The molecule has 0 radical (unpaired) electrons. The zero-order valence-corrected chi connectivity index (χ0v) is 21.5. The number of fused-ring (bicyclic) bond motifs is 3. The van der Waals surface area contributed by atoms with Gasteiger partial charge in [0.05, 0.1) is 32.4 Å². The number of nitrogens with zero attached hydrogens (tertiary/aromatic N) is 1. The second kappa shape index (κ2) is 10.5. The van der Waals surface area contributed by atoms with Crippen molar-refractivity contribution in [3.05, 3.63) is 53.4 Å². The second-order valence-corrected chi connectivity index (χ2v) is 11.6. The normalized spacial score (nSPS) is 14.6. The smallest absolute Gasteiger partial charge is 0.311 e. The number of benzene rings is 2. The summed E-state index contributed by atoms with van der Waals surface area (Å²) in [6.45, 7) is 0.778. The summed E-state index contributed by atoms with van der Waals surface area (Å²) in [6, 6.07) is 14.1. The van der Waals surface area contributed by atoms with Gasteiger partial charge >= 0.3 is 5.97 Å². The molecule has 1 N–H and O–H groups in total. The quantitative estimate of drug-likeness (QED) is 0.335. The lowest BCUT2D eigenvalue weighted by Crippen LogP contribution is -2.40. The number of hydrogen-bond acceptors (Lipinski definition) is 9. The Morgan fingerprint density at radius 1 is 1.05 bits per heavy atom. The van der Waals surface area contributed by atoms with Crippen molar-refractivity contribution in [1.82, 2.24) is 4.31 Å². The highest BCUT2D eigenvalue weighted by Gasteiger charge is 2.28. The number of hydrogen-bond donors (Lipinski definition) is 1. The molecule has 0 bridgehead atoms. The molecular weight excluding hydrogens is 520 g/mol. The molecule has 2 aromatic heterocycles. The van der Waals surface area contributed by atoms with E-state index in [9.17, 15) is 18.0 Å². The lowest BCUT2D eigenvalue weighted by atomic mass is 10.1. The predicted molar refractivity (Wildman–Crippen MR) is 137 cm³/mol. The molecule has 1 saturated heterocycles. The molecule has 4 aromatic rings. The van der Waals surface area contributed by atoms with Crippen LogP contribution in [0.5, 0.6) is 5.75 Å². The van der Waals surface area contributed by atoms with Crippen molar-refractivity contribution in [2.24, 2.45) is 0 Å². The average molecular weight is 545 g/mol. The van der Waals surface area contributed by atoms with Crippen molar-refractivity contribution in [3.63, 3.8) is 0 Å². The molecule has 1 aliphatic heterocycles. The minimum Gasteiger partial charge on any atom is -0.495 e. The zero-order chi connectivity index (χ0) is 26.0. The van der Waals surface area contributed by atoms with Crippen LogP contribution in [0.15, 0.2) is 57.2 Å². The van der Waals surface area contributed by atoms with Crippen LogP contribution in [0.2, 0.25) is 0 Å². The molecule has 3 heterocycles. The topological polar surface area (TPSA) is 124 Å². The summed E-state index contributed by atoms with van der Waals surface area (Å²) in [5.41, 5.74) is 1.67. The summed E-state index contributed by atoms with van der Waals surface area (Å²) in [6.07, 6.45) is -0.148. The number of para-hydroxylation sites is 1. The highest BCUT2D eigenvalue weighted by molar-refractivity contribution is 7.91. The lowest BCUT2D eigenvalue weighted by Gasteiger charge is -2.25.